The number of halogens is 2. The SMILES string of the molecule is CCc1ccc(NCC(=O)Nc2ccc(F)c(F)c2)cc1. The van der Waals surface area contributed by atoms with Gasteiger partial charge in [-0.05, 0) is 36.2 Å². The maximum Gasteiger partial charge on any atom is 0.243 e. The van der Waals surface area contributed by atoms with Gasteiger partial charge in [-0.15, -0.1) is 0 Å². The van der Waals surface area contributed by atoms with Crippen molar-refractivity contribution in [1.82, 2.24) is 0 Å². The zero-order chi connectivity index (χ0) is 15.2. The molecule has 0 bridgehead atoms. The predicted octanol–water partition coefficient (Wildman–Crippen LogP) is 3.58. The summed E-state index contributed by atoms with van der Waals surface area (Å²) in [7, 11) is 0. The van der Waals surface area contributed by atoms with Gasteiger partial charge in [-0.25, -0.2) is 8.78 Å². The van der Waals surface area contributed by atoms with Crippen LogP contribution in [0.2, 0.25) is 0 Å². The Hall–Kier alpha value is -2.43. The van der Waals surface area contributed by atoms with Crippen molar-refractivity contribution in [2.75, 3.05) is 17.2 Å². The van der Waals surface area contributed by atoms with E-state index in [0.717, 1.165) is 24.2 Å². The normalized spacial score (nSPS) is 10.2. The number of anilines is 2. The molecule has 2 aromatic carbocycles. The Morgan fingerprint density at radius 2 is 1.67 bits per heavy atom. The van der Waals surface area contributed by atoms with Crippen molar-refractivity contribution >= 4 is 17.3 Å². The number of nitrogens with one attached hydrogen (secondary N) is 2. The third kappa shape index (κ3) is 4.27. The molecule has 0 aliphatic heterocycles. The Bertz CT molecular complexity index is 627. The lowest BCUT2D eigenvalue weighted by Crippen LogP contribution is -2.21. The Morgan fingerprint density at radius 3 is 2.29 bits per heavy atom. The van der Waals surface area contributed by atoms with Gasteiger partial charge in [0, 0.05) is 17.4 Å². The third-order valence-corrected chi connectivity index (χ3v) is 3.02. The summed E-state index contributed by atoms with van der Waals surface area (Å²) < 4.78 is 25.8. The van der Waals surface area contributed by atoms with Crippen LogP contribution in [0.15, 0.2) is 42.5 Å². The van der Waals surface area contributed by atoms with Crippen LogP contribution in [-0.4, -0.2) is 12.5 Å². The molecule has 110 valence electrons. The molecule has 2 aromatic rings. The van der Waals surface area contributed by atoms with Crippen LogP contribution in [0.25, 0.3) is 0 Å². The Kier molecular flexibility index (Phi) is 4.87. The summed E-state index contributed by atoms with van der Waals surface area (Å²) in [4.78, 5) is 11.7. The van der Waals surface area contributed by atoms with E-state index in [1.54, 1.807) is 0 Å². The van der Waals surface area contributed by atoms with Gasteiger partial charge < -0.3 is 10.6 Å². The number of rotatable bonds is 5. The second kappa shape index (κ2) is 6.83. The smallest absolute Gasteiger partial charge is 0.243 e. The minimum Gasteiger partial charge on any atom is -0.376 e. The summed E-state index contributed by atoms with van der Waals surface area (Å²) in [6.07, 6.45) is 0.955. The molecule has 0 aromatic heterocycles. The van der Waals surface area contributed by atoms with Crippen molar-refractivity contribution in [2.24, 2.45) is 0 Å². The van der Waals surface area contributed by atoms with Crippen molar-refractivity contribution in [1.29, 1.82) is 0 Å². The van der Waals surface area contributed by atoms with Crippen molar-refractivity contribution in [2.45, 2.75) is 13.3 Å². The molecule has 0 spiro atoms. The van der Waals surface area contributed by atoms with Crippen molar-refractivity contribution in [3.8, 4) is 0 Å². The van der Waals surface area contributed by atoms with Crippen molar-refractivity contribution < 1.29 is 13.6 Å². The fourth-order valence-electron chi connectivity index (χ4n) is 1.82. The summed E-state index contributed by atoms with van der Waals surface area (Å²) in [5.74, 6) is -2.27. The molecule has 0 fully saturated rings. The number of aryl methyl sites for hydroxylation is 1. The van der Waals surface area contributed by atoms with E-state index >= 15 is 0 Å². The van der Waals surface area contributed by atoms with E-state index in [4.69, 9.17) is 0 Å². The standard InChI is InChI=1S/C16H16F2N2O/c1-2-11-3-5-12(6-4-11)19-10-16(21)20-13-7-8-14(17)15(18)9-13/h3-9,19H,2,10H2,1H3,(H,20,21). The largest absolute Gasteiger partial charge is 0.376 e. The van der Waals surface area contributed by atoms with Gasteiger partial charge in [-0.2, -0.15) is 0 Å². The first kappa shape index (κ1) is 15.0. The summed E-state index contributed by atoms with van der Waals surface area (Å²) in [6, 6.07) is 11.0. The van der Waals surface area contributed by atoms with E-state index in [1.807, 2.05) is 24.3 Å². The fourth-order valence-corrected chi connectivity index (χ4v) is 1.82. The van der Waals surface area contributed by atoms with Gasteiger partial charge in [0.2, 0.25) is 5.91 Å². The Labute approximate surface area is 122 Å². The molecule has 2 rings (SSSR count). The minimum absolute atomic E-state index is 0.0461. The van der Waals surface area contributed by atoms with Crippen LogP contribution in [0.4, 0.5) is 20.2 Å². The van der Waals surface area contributed by atoms with Crippen LogP contribution in [0, 0.1) is 11.6 Å². The van der Waals surface area contributed by atoms with Crippen LogP contribution < -0.4 is 10.6 Å². The number of carbonyl (C=O) groups is 1. The Balaban J connectivity index is 1.87. The van der Waals surface area contributed by atoms with E-state index in [2.05, 4.69) is 17.6 Å². The first-order chi connectivity index (χ1) is 10.1. The lowest BCUT2D eigenvalue weighted by molar-refractivity contribution is -0.114. The number of benzene rings is 2. The van der Waals surface area contributed by atoms with Gasteiger partial charge in [0.15, 0.2) is 11.6 Å². The van der Waals surface area contributed by atoms with E-state index < -0.39 is 11.6 Å². The third-order valence-electron chi connectivity index (χ3n) is 3.02. The lowest BCUT2D eigenvalue weighted by atomic mass is 10.1. The number of amides is 1. The van der Waals surface area contributed by atoms with Crippen molar-refractivity contribution in [3.05, 3.63) is 59.7 Å². The van der Waals surface area contributed by atoms with Crippen LogP contribution >= 0.6 is 0 Å². The molecular formula is C16H16F2N2O. The monoisotopic (exact) mass is 290 g/mol. The van der Waals surface area contributed by atoms with Crippen LogP contribution in [0.5, 0.6) is 0 Å². The number of carbonyl (C=O) groups excluding carboxylic acids is 1. The molecule has 5 heteroatoms. The van der Waals surface area contributed by atoms with Gasteiger partial charge >= 0.3 is 0 Å². The second-order valence-corrected chi connectivity index (χ2v) is 4.58. The maximum absolute atomic E-state index is 13.0. The molecule has 0 saturated carbocycles. The molecule has 3 nitrogen and oxygen atoms in total. The van der Waals surface area contributed by atoms with Gasteiger partial charge in [0.05, 0.1) is 6.54 Å². The van der Waals surface area contributed by atoms with E-state index in [-0.39, 0.29) is 18.1 Å². The molecule has 0 radical (unpaired) electrons. The first-order valence-electron chi connectivity index (χ1n) is 6.66. The average molecular weight is 290 g/mol. The molecule has 0 atom stereocenters. The average Bonchev–Trinajstić information content (AvgIpc) is 2.49. The zero-order valence-electron chi connectivity index (χ0n) is 11.6. The molecule has 0 saturated heterocycles. The molecule has 1 amide bonds. The minimum atomic E-state index is -0.990. The van der Waals surface area contributed by atoms with Crippen molar-refractivity contribution in [3.63, 3.8) is 0 Å². The maximum atomic E-state index is 13.0. The second-order valence-electron chi connectivity index (χ2n) is 4.58. The highest BCUT2D eigenvalue weighted by atomic mass is 19.2. The van der Waals surface area contributed by atoms with E-state index in [9.17, 15) is 13.6 Å². The summed E-state index contributed by atoms with van der Waals surface area (Å²) >= 11 is 0. The highest BCUT2D eigenvalue weighted by Crippen LogP contribution is 2.13. The number of hydrogen-bond acceptors (Lipinski definition) is 2. The summed E-state index contributed by atoms with van der Waals surface area (Å²) in [6.45, 7) is 2.11. The molecule has 0 unspecified atom stereocenters. The topological polar surface area (TPSA) is 41.1 Å². The Morgan fingerprint density at radius 1 is 1.00 bits per heavy atom. The molecule has 2 N–H and O–H groups in total. The molecule has 0 heterocycles. The lowest BCUT2D eigenvalue weighted by Gasteiger charge is -2.08. The molecular weight excluding hydrogens is 274 g/mol. The highest BCUT2D eigenvalue weighted by molar-refractivity contribution is 5.93. The molecule has 0 aliphatic rings. The van der Waals surface area contributed by atoms with Gasteiger partial charge in [0.25, 0.3) is 0 Å². The molecule has 21 heavy (non-hydrogen) atoms. The summed E-state index contributed by atoms with van der Waals surface area (Å²) in [5, 5.41) is 5.46. The van der Waals surface area contributed by atoms with E-state index in [1.165, 1.54) is 11.6 Å². The van der Waals surface area contributed by atoms with Crippen LogP contribution in [-0.2, 0) is 11.2 Å². The van der Waals surface area contributed by atoms with Crippen LogP contribution in [0.1, 0.15) is 12.5 Å². The fraction of sp³-hybridized carbons (Fsp3) is 0.188. The molecule has 0 aliphatic carbocycles. The van der Waals surface area contributed by atoms with Gasteiger partial charge in [0.1, 0.15) is 0 Å². The quantitative estimate of drug-likeness (QED) is 0.883. The van der Waals surface area contributed by atoms with Crippen LogP contribution in [0.3, 0.4) is 0 Å². The first-order valence-corrected chi connectivity index (χ1v) is 6.66. The van der Waals surface area contributed by atoms with E-state index in [0.29, 0.717) is 0 Å². The number of hydrogen-bond donors (Lipinski definition) is 2. The highest BCUT2D eigenvalue weighted by Gasteiger charge is 2.06. The van der Waals surface area contributed by atoms with Gasteiger partial charge in [-0.1, -0.05) is 19.1 Å². The van der Waals surface area contributed by atoms with Gasteiger partial charge in [-0.3, -0.25) is 4.79 Å². The zero-order valence-corrected chi connectivity index (χ0v) is 11.6. The summed E-state index contributed by atoms with van der Waals surface area (Å²) in [5.41, 5.74) is 2.27. The predicted molar refractivity (Wildman–Crippen MR) is 79.3 cm³/mol.